The zero-order valence-electron chi connectivity index (χ0n) is 11.0. The van der Waals surface area contributed by atoms with Gasteiger partial charge < -0.3 is 0 Å². The van der Waals surface area contributed by atoms with Crippen molar-refractivity contribution in [2.24, 2.45) is 5.92 Å². The topological polar surface area (TPSA) is 33.2 Å². The minimum Gasteiger partial charge on any atom is -0.268 e. The van der Waals surface area contributed by atoms with Crippen molar-refractivity contribution < 1.29 is 4.79 Å². The Morgan fingerprint density at radius 1 is 1.32 bits per heavy atom. The van der Waals surface area contributed by atoms with E-state index in [0.29, 0.717) is 23.9 Å². The molecule has 2 saturated carbocycles. The molecule has 2 fully saturated rings. The van der Waals surface area contributed by atoms with Gasteiger partial charge in [-0.2, -0.15) is 0 Å². The Labute approximate surface area is 119 Å². The lowest BCUT2D eigenvalue weighted by Gasteiger charge is -2.19. The molecular formula is C15H19ClN2O. The number of amides is 1. The van der Waals surface area contributed by atoms with Crippen LogP contribution in [0.15, 0.2) is 18.5 Å². The molecule has 1 amide bonds. The lowest BCUT2D eigenvalue weighted by Crippen LogP contribution is -2.27. The van der Waals surface area contributed by atoms with Gasteiger partial charge in [0.1, 0.15) is 0 Å². The van der Waals surface area contributed by atoms with Crippen LogP contribution in [0.5, 0.6) is 0 Å². The maximum Gasteiger partial charge on any atom is 0.270 e. The molecule has 0 spiro atoms. The average Bonchev–Trinajstić information content (AvgIpc) is 3.16. The van der Waals surface area contributed by atoms with Gasteiger partial charge in [-0.1, -0.05) is 12.8 Å². The Morgan fingerprint density at radius 3 is 2.74 bits per heavy atom. The second kappa shape index (κ2) is 5.49. The Bertz CT molecular complexity index is 467. The first-order chi connectivity index (χ1) is 9.25. The molecule has 2 aliphatic rings. The number of hydrogen-bond donors (Lipinski definition) is 0. The summed E-state index contributed by atoms with van der Waals surface area (Å²) >= 11 is 6.20. The maximum absolute atomic E-state index is 12.4. The van der Waals surface area contributed by atoms with E-state index >= 15 is 0 Å². The van der Waals surface area contributed by atoms with E-state index in [2.05, 4.69) is 4.98 Å². The maximum atomic E-state index is 12.4. The number of pyridine rings is 1. The minimum absolute atomic E-state index is 0.0800. The molecule has 0 aliphatic heterocycles. The highest BCUT2D eigenvalue weighted by Crippen LogP contribution is 2.41. The van der Waals surface area contributed by atoms with Crippen molar-refractivity contribution in [3.8, 4) is 0 Å². The molecule has 0 atom stereocenters. The summed E-state index contributed by atoms with van der Waals surface area (Å²) in [6, 6.07) is 1.96. The van der Waals surface area contributed by atoms with E-state index in [1.54, 1.807) is 12.4 Å². The fourth-order valence-electron chi connectivity index (χ4n) is 2.97. The van der Waals surface area contributed by atoms with Crippen molar-refractivity contribution in [1.29, 1.82) is 0 Å². The lowest BCUT2D eigenvalue weighted by molar-refractivity contribution is 0.0848. The molecule has 3 rings (SSSR count). The van der Waals surface area contributed by atoms with Crippen LogP contribution in [0.25, 0.3) is 0 Å². The van der Waals surface area contributed by atoms with Crippen LogP contribution in [0.3, 0.4) is 0 Å². The minimum atomic E-state index is -0.0800. The van der Waals surface area contributed by atoms with E-state index in [1.807, 2.05) is 6.07 Å². The number of nitrogens with zero attached hydrogens (tertiary/aromatic N) is 2. The quantitative estimate of drug-likeness (QED) is 0.786. The van der Waals surface area contributed by atoms with E-state index in [4.69, 9.17) is 11.8 Å². The zero-order valence-corrected chi connectivity index (χ0v) is 11.8. The first-order valence-electron chi connectivity index (χ1n) is 7.17. The normalized spacial score (nSPS) is 19.6. The molecule has 1 aromatic heterocycles. The molecule has 0 saturated heterocycles. The van der Waals surface area contributed by atoms with Gasteiger partial charge >= 0.3 is 0 Å². The van der Waals surface area contributed by atoms with Crippen LogP contribution >= 0.6 is 11.8 Å². The van der Waals surface area contributed by atoms with Crippen molar-refractivity contribution in [2.75, 3.05) is 6.54 Å². The van der Waals surface area contributed by atoms with E-state index in [9.17, 15) is 4.79 Å². The summed E-state index contributed by atoms with van der Waals surface area (Å²) in [6.45, 7) is 0.666. The van der Waals surface area contributed by atoms with Crippen LogP contribution in [-0.4, -0.2) is 21.9 Å². The van der Waals surface area contributed by atoms with Crippen LogP contribution < -0.4 is 0 Å². The summed E-state index contributed by atoms with van der Waals surface area (Å²) < 4.78 is 1.37. The predicted octanol–water partition coefficient (Wildman–Crippen LogP) is 3.75. The average molecular weight is 279 g/mol. The van der Waals surface area contributed by atoms with Crippen molar-refractivity contribution in [1.82, 2.24) is 9.40 Å². The molecule has 102 valence electrons. The zero-order chi connectivity index (χ0) is 13.2. The third-order valence-corrected chi connectivity index (χ3v) is 4.51. The van der Waals surface area contributed by atoms with Gasteiger partial charge in [-0.05, 0) is 49.1 Å². The monoisotopic (exact) mass is 278 g/mol. The molecule has 0 aromatic carbocycles. The van der Waals surface area contributed by atoms with Crippen molar-refractivity contribution in [3.63, 3.8) is 0 Å². The molecule has 3 nitrogen and oxygen atoms in total. The number of aromatic nitrogens is 1. The molecule has 1 heterocycles. The van der Waals surface area contributed by atoms with Crippen LogP contribution in [0.4, 0.5) is 0 Å². The van der Waals surface area contributed by atoms with Crippen LogP contribution in [0, 0.1) is 5.92 Å². The first-order valence-corrected chi connectivity index (χ1v) is 7.51. The molecule has 0 N–H and O–H groups in total. The largest absolute Gasteiger partial charge is 0.270 e. The first kappa shape index (κ1) is 12.9. The van der Waals surface area contributed by atoms with Gasteiger partial charge in [0.05, 0.1) is 5.56 Å². The molecule has 0 unspecified atom stereocenters. The van der Waals surface area contributed by atoms with Gasteiger partial charge in [0.15, 0.2) is 0 Å². The summed E-state index contributed by atoms with van der Waals surface area (Å²) in [6.07, 6.45) is 10.7. The van der Waals surface area contributed by atoms with Crippen molar-refractivity contribution in [2.45, 2.75) is 44.4 Å². The number of halogens is 1. The van der Waals surface area contributed by atoms with Gasteiger partial charge in [0.25, 0.3) is 5.91 Å². The number of rotatable bonds is 4. The Balaban J connectivity index is 1.71. The number of hydrogen-bond acceptors (Lipinski definition) is 2. The molecule has 1 aromatic rings. The number of carbonyl (C=O) groups is 1. The Kier molecular flexibility index (Phi) is 3.74. The molecule has 19 heavy (non-hydrogen) atoms. The van der Waals surface area contributed by atoms with Crippen molar-refractivity contribution >= 4 is 17.7 Å². The van der Waals surface area contributed by atoms with Gasteiger partial charge in [-0.3, -0.25) is 14.2 Å². The van der Waals surface area contributed by atoms with E-state index in [1.165, 1.54) is 42.9 Å². The van der Waals surface area contributed by atoms with E-state index < -0.39 is 0 Å². The standard InChI is InChI=1S/C15H19ClN2O/c16-18(10-11-3-1-2-4-11)15(19)14-9-17-8-7-13(14)12-5-6-12/h7-9,11-12H,1-6,10H2. The second-order valence-corrected chi connectivity index (χ2v) is 6.15. The highest BCUT2D eigenvalue weighted by atomic mass is 35.5. The lowest BCUT2D eigenvalue weighted by atomic mass is 10.0. The smallest absolute Gasteiger partial charge is 0.268 e. The SMILES string of the molecule is O=C(c1cnccc1C1CC1)N(Cl)CC1CCCC1. The molecule has 0 bridgehead atoms. The van der Waals surface area contributed by atoms with Gasteiger partial charge in [0, 0.05) is 30.7 Å². The van der Waals surface area contributed by atoms with Crippen LogP contribution in [-0.2, 0) is 0 Å². The highest BCUT2D eigenvalue weighted by Gasteiger charge is 2.30. The van der Waals surface area contributed by atoms with E-state index in [0.717, 1.165) is 5.56 Å². The Hall–Kier alpha value is -1.09. The summed E-state index contributed by atoms with van der Waals surface area (Å²) in [5, 5.41) is 0. The molecule has 4 heteroatoms. The van der Waals surface area contributed by atoms with Gasteiger partial charge in [0.2, 0.25) is 0 Å². The summed E-state index contributed by atoms with van der Waals surface area (Å²) in [7, 11) is 0. The van der Waals surface area contributed by atoms with Crippen LogP contribution in [0.2, 0.25) is 0 Å². The summed E-state index contributed by atoms with van der Waals surface area (Å²) in [5.41, 5.74) is 1.81. The van der Waals surface area contributed by atoms with Gasteiger partial charge in [-0.25, -0.2) is 0 Å². The molecular weight excluding hydrogens is 260 g/mol. The predicted molar refractivity (Wildman–Crippen MR) is 75.1 cm³/mol. The molecule has 0 radical (unpaired) electrons. The summed E-state index contributed by atoms with van der Waals surface area (Å²) in [5.74, 6) is 1.03. The third kappa shape index (κ3) is 2.92. The highest BCUT2D eigenvalue weighted by molar-refractivity contribution is 6.24. The number of carbonyl (C=O) groups excluding carboxylic acids is 1. The van der Waals surface area contributed by atoms with Crippen LogP contribution in [0.1, 0.15) is 60.4 Å². The van der Waals surface area contributed by atoms with Crippen molar-refractivity contribution in [3.05, 3.63) is 29.6 Å². The third-order valence-electron chi connectivity index (χ3n) is 4.22. The Morgan fingerprint density at radius 2 is 2.05 bits per heavy atom. The second-order valence-electron chi connectivity index (χ2n) is 5.74. The molecule has 2 aliphatic carbocycles. The van der Waals surface area contributed by atoms with E-state index in [-0.39, 0.29) is 5.91 Å². The fourth-order valence-corrected chi connectivity index (χ4v) is 3.25. The van der Waals surface area contributed by atoms with Gasteiger partial charge in [-0.15, -0.1) is 0 Å². The summed E-state index contributed by atoms with van der Waals surface area (Å²) in [4.78, 5) is 16.5. The fraction of sp³-hybridized carbons (Fsp3) is 0.600.